The summed E-state index contributed by atoms with van der Waals surface area (Å²) in [5.74, 6) is -3.24. The van der Waals surface area contributed by atoms with Gasteiger partial charge in [-0.15, -0.1) is 19.7 Å². The zero-order chi connectivity index (χ0) is 15.0. The number of aliphatic carboxylic acids is 3. The molecule has 0 atom stereocenters. The molecule has 6 nitrogen and oxygen atoms in total. The van der Waals surface area contributed by atoms with Crippen LogP contribution < -0.4 is 15.3 Å². The second kappa shape index (κ2) is 21.8. The Hall–Kier alpha value is -1.49. The Morgan fingerprint density at radius 1 is 0.684 bits per heavy atom. The second-order valence-electron chi connectivity index (χ2n) is 2.59. The smallest absolute Gasteiger partial charge is 0.550 e. The van der Waals surface area contributed by atoms with Gasteiger partial charge in [0.2, 0.25) is 0 Å². The van der Waals surface area contributed by atoms with Crippen LogP contribution in [-0.2, 0) is 14.4 Å². The van der Waals surface area contributed by atoms with Gasteiger partial charge in [-0.1, -0.05) is 18.2 Å². The normalized spacial score (nSPS) is 6.95. The Kier molecular flexibility index (Phi) is 30.0. The van der Waals surface area contributed by atoms with Gasteiger partial charge in [-0.05, 0) is 0 Å². The first-order valence-corrected chi connectivity index (χ1v) is 4.73. The van der Waals surface area contributed by atoms with Crippen LogP contribution in [0.3, 0.4) is 0 Å². The van der Waals surface area contributed by atoms with Gasteiger partial charge in [-0.2, -0.15) is 0 Å². The average Bonchev–Trinajstić information content (AvgIpc) is 2.18. The van der Waals surface area contributed by atoms with Crippen LogP contribution in [0.4, 0.5) is 0 Å². The Bertz CT molecular complexity index is 251. The van der Waals surface area contributed by atoms with Crippen LogP contribution >= 0.6 is 0 Å². The van der Waals surface area contributed by atoms with E-state index in [4.69, 9.17) is 0 Å². The molecule has 0 bridgehead atoms. The Morgan fingerprint density at radius 2 is 0.842 bits per heavy atom. The number of rotatable bonds is 6. The largest absolute Gasteiger partial charge is 3.00 e. The van der Waals surface area contributed by atoms with Gasteiger partial charge in [0.25, 0.3) is 0 Å². The number of hydrogen-bond acceptors (Lipinski definition) is 6. The topological polar surface area (TPSA) is 120 Å². The van der Waals surface area contributed by atoms with Crippen molar-refractivity contribution in [1.82, 2.24) is 0 Å². The molecule has 0 unspecified atom stereocenters. The zero-order valence-electron chi connectivity index (χ0n) is 10.4. The Balaban J connectivity index is -0.0000000865. The molecule has 0 aliphatic heterocycles. The van der Waals surface area contributed by atoms with E-state index in [0.29, 0.717) is 0 Å². The van der Waals surface area contributed by atoms with Gasteiger partial charge in [-0.25, -0.2) is 0 Å². The molecule has 2 radical (unpaired) electrons. The van der Waals surface area contributed by atoms with Crippen LogP contribution in [0, 0.1) is 0 Å². The summed E-state index contributed by atoms with van der Waals surface area (Å²) in [6, 6.07) is 0. The Morgan fingerprint density at radius 3 is 0.842 bits per heavy atom. The van der Waals surface area contributed by atoms with Crippen molar-refractivity contribution in [3.63, 3.8) is 0 Å². The summed E-state index contributed by atoms with van der Waals surface area (Å²) < 4.78 is 0. The van der Waals surface area contributed by atoms with Crippen molar-refractivity contribution < 1.29 is 29.7 Å². The molecule has 0 aliphatic rings. The molecule has 0 N–H and O–H groups in total. The zero-order valence-corrected chi connectivity index (χ0v) is 13.8. The SMILES string of the molecule is C=CCC(=O)[O-].C=CCC(=O)[O-].C=CCC(=O)[O-].[Bi+3]. The maximum absolute atomic E-state index is 9.42. The van der Waals surface area contributed by atoms with Crippen molar-refractivity contribution in [1.29, 1.82) is 0 Å². The van der Waals surface area contributed by atoms with Gasteiger partial charge < -0.3 is 29.7 Å². The van der Waals surface area contributed by atoms with E-state index in [1.54, 1.807) is 0 Å². The summed E-state index contributed by atoms with van der Waals surface area (Å²) in [5.41, 5.74) is 0. The average molecular weight is 464 g/mol. The van der Waals surface area contributed by atoms with Crippen molar-refractivity contribution in [3.8, 4) is 0 Å². The molecule has 7 heteroatoms. The number of carbonyl (C=O) groups is 3. The number of hydrogen-bond donors (Lipinski definition) is 0. The van der Waals surface area contributed by atoms with Crippen LogP contribution in [0.25, 0.3) is 0 Å². The molecule has 0 aromatic carbocycles. The molecule has 0 saturated heterocycles. The minimum absolute atomic E-state index is 0. The minimum Gasteiger partial charge on any atom is -0.550 e. The quantitative estimate of drug-likeness (QED) is 0.318. The summed E-state index contributed by atoms with van der Waals surface area (Å²) in [6.45, 7) is 9.54. The maximum atomic E-state index is 9.42. The van der Waals surface area contributed by atoms with Gasteiger partial charge in [0.05, 0.1) is 0 Å². The third-order valence-electron chi connectivity index (χ3n) is 0.933. The van der Waals surface area contributed by atoms with Crippen LogP contribution in [0.5, 0.6) is 0 Å². The van der Waals surface area contributed by atoms with E-state index >= 15 is 0 Å². The van der Waals surface area contributed by atoms with E-state index in [1.165, 1.54) is 18.2 Å². The summed E-state index contributed by atoms with van der Waals surface area (Å²) in [6.07, 6.45) is 3.69. The van der Waals surface area contributed by atoms with Crippen LogP contribution in [0.2, 0.25) is 0 Å². The van der Waals surface area contributed by atoms with Gasteiger partial charge in [0, 0.05) is 37.2 Å². The first-order valence-electron chi connectivity index (χ1n) is 4.73. The molecule has 0 amide bonds. The molecule has 0 aliphatic carbocycles. The fourth-order valence-corrected chi connectivity index (χ4v) is 0.354. The third kappa shape index (κ3) is 61.6. The van der Waals surface area contributed by atoms with Gasteiger partial charge >= 0.3 is 26.2 Å². The van der Waals surface area contributed by atoms with Crippen molar-refractivity contribution in [2.75, 3.05) is 0 Å². The predicted molar refractivity (Wildman–Crippen MR) is 65.2 cm³/mol. The van der Waals surface area contributed by atoms with Crippen LogP contribution in [0.1, 0.15) is 19.3 Å². The molecule has 0 aromatic heterocycles. The molecule has 0 saturated carbocycles. The van der Waals surface area contributed by atoms with Gasteiger partial charge in [-0.3, -0.25) is 0 Å². The molecule has 0 heterocycles. The molecule has 0 aromatic rings. The van der Waals surface area contributed by atoms with Gasteiger partial charge in [0.15, 0.2) is 0 Å². The summed E-state index contributed by atoms with van der Waals surface area (Å²) in [5, 5.41) is 28.3. The number of carboxylic acids is 3. The molecule has 0 spiro atoms. The molecular formula is C12H15BiO6. The molecule has 19 heavy (non-hydrogen) atoms. The van der Waals surface area contributed by atoms with E-state index < -0.39 is 17.9 Å². The third-order valence-corrected chi connectivity index (χ3v) is 0.933. The molecule has 0 rings (SSSR count). The van der Waals surface area contributed by atoms with Crippen molar-refractivity contribution in [2.45, 2.75) is 19.3 Å². The van der Waals surface area contributed by atoms with Crippen molar-refractivity contribution >= 4 is 44.1 Å². The van der Waals surface area contributed by atoms with E-state index in [9.17, 15) is 29.7 Å². The molecular weight excluding hydrogens is 449 g/mol. The van der Waals surface area contributed by atoms with E-state index in [-0.39, 0.29) is 45.5 Å². The maximum Gasteiger partial charge on any atom is 3.00 e. The van der Waals surface area contributed by atoms with Crippen LogP contribution in [0.15, 0.2) is 38.0 Å². The second-order valence-corrected chi connectivity index (χ2v) is 2.59. The minimum atomic E-state index is -1.08. The first-order chi connectivity index (χ1) is 8.31. The van der Waals surface area contributed by atoms with Gasteiger partial charge in [0.1, 0.15) is 0 Å². The summed E-state index contributed by atoms with van der Waals surface area (Å²) in [7, 11) is 0. The molecule has 0 fully saturated rings. The number of carbonyl (C=O) groups excluding carboxylic acids is 3. The van der Waals surface area contributed by atoms with E-state index in [2.05, 4.69) is 19.7 Å². The van der Waals surface area contributed by atoms with Crippen molar-refractivity contribution in [2.24, 2.45) is 0 Å². The standard InChI is InChI=1S/3C4H6O2.Bi/c3*1-2-3-4(5)6;/h3*2H,1,3H2,(H,5,6);/q;;;+3/p-3. The predicted octanol–water partition coefficient (Wildman–Crippen LogP) is -2.44. The van der Waals surface area contributed by atoms with E-state index in [1.807, 2.05) is 0 Å². The summed E-state index contributed by atoms with van der Waals surface area (Å²) >= 11 is 0. The Labute approximate surface area is 131 Å². The van der Waals surface area contributed by atoms with E-state index in [0.717, 1.165) is 0 Å². The molecule has 104 valence electrons. The fourth-order valence-electron chi connectivity index (χ4n) is 0.354. The first kappa shape index (κ1) is 26.2. The number of carboxylic acid groups (broad SMARTS) is 3. The summed E-state index contributed by atoms with van der Waals surface area (Å²) in [4.78, 5) is 28.3. The van der Waals surface area contributed by atoms with Crippen LogP contribution in [-0.4, -0.2) is 44.1 Å². The fraction of sp³-hybridized carbons (Fsp3) is 0.250. The van der Waals surface area contributed by atoms with Crippen molar-refractivity contribution in [3.05, 3.63) is 38.0 Å². The monoisotopic (exact) mass is 464 g/mol.